The molecule has 0 aliphatic carbocycles. The number of halogens is 3. The van der Waals surface area contributed by atoms with E-state index >= 15 is 0 Å². The van der Waals surface area contributed by atoms with Crippen LogP contribution in [-0.2, 0) is 12.7 Å². The molecule has 0 aromatic carbocycles. The second kappa shape index (κ2) is 6.42. The minimum Gasteiger partial charge on any atom is -0.468 e. The van der Waals surface area contributed by atoms with Crippen molar-refractivity contribution >= 4 is 5.65 Å². The highest BCUT2D eigenvalue weighted by atomic mass is 19.4. The van der Waals surface area contributed by atoms with Gasteiger partial charge < -0.3 is 4.42 Å². The first-order valence-electron chi connectivity index (χ1n) is 8.59. The van der Waals surface area contributed by atoms with Gasteiger partial charge in [-0.2, -0.15) is 18.3 Å². The van der Waals surface area contributed by atoms with Crippen LogP contribution < -0.4 is 0 Å². The zero-order chi connectivity index (χ0) is 18.3. The Bertz CT molecular complexity index is 901. The molecule has 4 heterocycles. The van der Waals surface area contributed by atoms with Crippen molar-refractivity contribution < 1.29 is 17.6 Å². The minimum atomic E-state index is -4.48. The van der Waals surface area contributed by atoms with Gasteiger partial charge in [-0.1, -0.05) is 0 Å². The molecule has 1 unspecified atom stereocenters. The van der Waals surface area contributed by atoms with Crippen molar-refractivity contribution in [3.63, 3.8) is 0 Å². The highest BCUT2D eigenvalue weighted by Gasteiger charge is 2.36. The third kappa shape index (κ3) is 3.33. The molecular formula is C18H19F3N4O. The summed E-state index contributed by atoms with van der Waals surface area (Å²) in [7, 11) is 0. The third-order valence-electron chi connectivity index (χ3n) is 4.74. The number of hydrogen-bond acceptors (Lipinski definition) is 4. The maximum Gasteiger partial charge on any atom is 0.433 e. The summed E-state index contributed by atoms with van der Waals surface area (Å²) in [5.74, 6) is 0.816. The molecule has 0 spiro atoms. The molecule has 0 saturated carbocycles. The lowest BCUT2D eigenvalue weighted by Gasteiger charge is -2.32. The highest BCUT2D eigenvalue weighted by Crippen LogP contribution is 2.33. The SMILES string of the molecule is Cc1cc2nc(C3CCCN(Cc4ccco4)C3)cc(C(F)(F)F)n2n1. The van der Waals surface area contributed by atoms with Crippen LogP contribution in [0.15, 0.2) is 34.9 Å². The maximum atomic E-state index is 13.5. The predicted octanol–water partition coefficient (Wildman–Crippen LogP) is 4.03. The van der Waals surface area contributed by atoms with Crippen LogP contribution in [0.3, 0.4) is 0 Å². The van der Waals surface area contributed by atoms with Crippen molar-refractivity contribution in [3.05, 3.63) is 53.4 Å². The number of aromatic nitrogens is 3. The Kier molecular flexibility index (Phi) is 4.22. The zero-order valence-electron chi connectivity index (χ0n) is 14.3. The molecule has 4 rings (SSSR count). The van der Waals surface area contributed by atoms with E-state index in [-0.39, 0.29) is 11.6 Å². The van der Waals surface area contributed by atoms with Crippen molar-refractivity contribution in [3.8, 4) is 0 Å². The van der Waals surface area contributed by atoms with E-state index in [2.05, 4.69) is 15.0 Å². The van der Waals surface area contributed by atoms with E-state index in [9.17, 15) is 13.2 Å². The van der Waals surface area contributed by atoms with Gasteiger partial charge >= 0.3 is 6.18 Å². The summed E-state index contributed by atoms with van der Waals surface area (Å²) >= 11 is 0. The van der Waals surface area contributed by atoms with Crippen molar-refractivity contribution in [1.82, 2.24) is 19.5 Å². The van der Waals surface area contributed by atoms with Crippen LogP contribution >= 0.6 is 0 Å². The van der Waals surface area contributed by atoms with E-state index < -0.39 is 11.9 Å². The fraction of sp³-hybridized carbons (Fsp3) is 0.444. The van der Waals surface area contributed by atoms with Gasteiger partial charge in [0, 0.05) is 24.2 Å². The lowest BCUT2D eigenvalue weighted by Crippen LogP contribution is -2.34. The summed E-state index contributed by atoms with van der Waals surface area (Å²) in [6.07, 6.45) is -1.11. The molecule has 1 saturated heterocycles. The lowest BCUT2D eigenvalue weighted by atomic mass is 9.94. The first-order valence-corrected chi connectivity index (χ1v) is 8.59. The Labute approximate surface area is 148 Å². The molecule has 3 aromatic heterocycles. The summed E-state index contributed by atoms with van der Waals surface area (Å²) in [6.45, 7) is 3.88. The molecule has 0 radical (unpaired) electrons. The molecule has 0 bridgehead atoms. The molecule has 138 valence electrons. The van der Waals surface area contributed by atoms with Gasteiger partial charge in [0.05, 0.1) is 18.5 Å². The summed E-state index contributed by atoms with van der Waals surface area (Å²) in [5.41, 5.74) is 0.473. The number of fused-ring (bicyclic) bond motifs is 1. The number of aryl methyl sites for hydroxylation is 1. The second-order valence-corrected chi connectivity index (χ2v) is 6.77. The zero-order valence-corrected chi connectivity index (χ0v) is 14.3. The topological polar surface area (TPSA) is 46.6 Å². The number of rotatable bonds is 3. The number of nitrogens with zero attached hydrogens (tertiary/aromatic N) is 4. The fourth-order valence-corrected chi connectivity index (χ4v) is 3.58. The van der Waals surface area contributed by atoms with Crippen LogP contribution in [0.25, 0.3) is 5.65 Å². The highest BCUT2D eigenvalue weighted by molar-refractivity contribution is 5.43. The smallest absolute Gasteiger partial charge is 0.433 e. The van der Waals surface area contributed by atoms with E-state index in [1.165, 1.54) is 0 Å². The van der Waals surface area contributed by atoms with E-state index in [4.69, 9.17) is 4.42 Å². The van der Waals surface area contributed by atoms with Crippen molar-refractivity contribution in [2.24, 2.45) is 0 Å². The normalized spacial score (nSPS) is 19.3. The van der Waals surface area contributed by atoms with Crippen LogP contribution in [-0.4, -0.2) is 32.6 Å². The largest absolute Gasteiger partial charge is 0.468 e. The molecule has 1 fully saturated rings. The third-order valence-corrected chi connectivity index (χ3v) is 4.74. The Hall–Kier alpha value is -2.35. The van der Waals surface area contributed by atoms with Gasteiger partial charge in [0.15, 0.2) is 5.65 Å². The summed E-state index contributed by atoms with van der Waals surface area (Å²) in [6, 6.07) is 6.48. The summed E-state index contributed by atoms with van der Waals surface area (Å²) < 4.78 is 46.7. The monoisotopic (exact) mass is 364 g/mol. The Morgan fingerprint density at radius 3 is 2.88 bits per heavy atom. The molecule has 8 heteroatoms. The van der Waals surface area contributed by atoms with Crippen molar-refractivity contribution in [2.75, 3.05) is 13.1 Å². The molecule has 1 atom stereocenters. The van der Waals surface area contributed by atoms with Crippen LogP contribution in [0.4, 0.5) is 13.2 Å². The van der Waals surface area contributed by atoms with E-state index in [0.717, 1.165) is 35.7 Å². The quantitative estimate of drug-likeness (QED) is 0.704. The van der Waals surface area contributed by atoms with Gasteiger partial charge in [-0.05, 0) is 44.5 Å². The number of alkyl halides is 3. The van der Waals surface area contributed by atoms with Gasteiger partial charge in [0.2, 0.25) is 0 Å². The number of piperidine rings is 1. The molecule has 1 aliphatic heterocycles. The van der Waals surface area contributed by atoms with E-state index in [0.29, 0.717) is 24.5 Å². The second-order valence-electron chi connectivity index (χ2n) is 6.77. The predicted molar refractivity (Wildman–Crippen MR) is 88.7 cm³/mol. The van der Waals surface area contributed by atoms with Crippen LogP contribution in [0.5, 0.6) is 0 Å². The van der Waals surface area contributed by atoms with Gasteiger partial charge in [-0.3, -0.25) is 4.90 Å². The van der Waals surface area contributed by atoms with E-state index in [1.807, 2.05) is 12.1 Å². The molecular weight excluding hydrogens is 345 g/mol. The average Bonchev–Trinajstić information content (AvgIpc) is 3.21. The van der Waals surface area contributed by atoms with Gasteiger partial charge in [-0.15, -0.1) is 0 Å². The van der Waals surface area contributed by atoms with Gasteiger partial charge in [-0.25, -0.2) is 9.50 Å². The first-order chi connectivity index (χ1) is 12.4. The van der Waals surface area contributed by atoms with Crippen LogP contribution in [0.2, 0.25) is 0 Å². The Morgan fingerprint density at radius 1 is 1.31 bits per heavy atom. The molecule has 26 heavy (non-hydrogen) atoms. The van der Waals surface area contributed by atoms with Gasteiger partial charge in [0.25, 0.3) is 0 Å². The summed E-state index contributed by atoms with van der Waals surface area (Å²) in [5, 5.41) is 3.94. The Balaban J connectivity index is 1.65. The minimum absolute atomic E-state index is 0.0416. The van der Waals surface area contributed by atoms with Crippen LogP contribution in [0.1, 0.15) is 41.6 Å². The molecule has 0 amide bonds. The van der Waals surface area contributed by atoms with Crippen molar-refractivity contribution in [2.45, 2.75) is 38.4 Å². The number of hydrogen-bond donors (Lipinski definition) is 0. The Morgan fingerprint density at radius 2 is 2.15 bits per heavy atom. The molecule has 5 nitrogen and oxygen atoms in total. The number of likely N-dealkylation sites (tertiary alicyclic amines) is 1. The molecule has 3 aromatic rings. The molecule has 1 aliphatic rings. The standard InChI is InChI=1S/C18H19F3N4O/c1-12-8-17-22-15(9-16(18(19,20)21)25(17)23-12)13-4-2-6-24(10-13)11-14-5-3-7-26-14/h3,5,7-9,13H,2,4,6,10-11H2,1H3. The fourth-order valence-electron chi connectivity index (χ4n) is 3.58. The van der Waals surface area contributed by atoms with Gasteiger partial charge in [0.1, 0.15) is 11.5 Å². The summed E-state index contributed by atoms with van der Waals surface area (Å²) in [4.78, 5) is 6.68. The van der Waals surface area contributed by atoms with Crippen LogP contribution in [0, 0.1) is 6.92 Å². The van der Waals surface area contributed by atoms with E-state index in [1.54, 1.807) is 19.3 Å². The first kappa shape index (κ1) is 17.1. The van der Waals surface area contributed by atoms with Crippen molar-refractivity contribution in [1.29, 1.82) is 0 Å². The molecule has 0 N–H and O–H groups in total. The average molecular weight is 364 g/mol. The number of furan rings is 1. The maximum absolute atomic E-state index is 13.5. The lowest BCUT2D eigenvalue weighted by molar-refractivity contribution is -0.142.